The molecule has 0 aromatic rings. The second kappa shape index (κ2) is 5.00. The maximum Gasteiger partial charge on any atom is 0.407 e. The molecule has 0 radical (unpaired) electrons. The molecule has 1 aliphatic rings. The molecule has 1 amide bonds. The molecule has 5 nitrogen and oxygen atoms in total. The molecule has 1 saturated heterocycles. The zero-order valence-corrected chi connectivity index (χ0v) is 11.4. The van der Waals surface area contributed by atoms with Crippen LogP contribution in [0.3, 0.4) is 0 Å². The van der Waals surface area contributed by atoms with Gasteiger partial charge in [0.15, 0.2) is 0 Å². The molecule has 0 saturated carbocycles. The van der Waals surface area contributed by atoms with E-state index < -0.39 is 18.2 Å². The van der Waals surface area contributed by atoms with Crippen LogP contribution in [0.1, 0.15) is 34.1 Å². The third-order valence-electron chi connectivity index (χ3n) is 3.08. The molecule has 1 aliphatic heterocycles. The Morgan fingerprint density at radius 2 is 1.94 bits per heavy atom. The van der Waals surface area contributed by atoms with Gasteiger partial charge in [0.05, 0.1) is 6.04 Å². The lowest BCUT2D eigenvalue weighted by atomic mass is 9.84. The van der Waals surface area contributed by atoms with Gasteiger partial charge in [0.2, 0.25) is 0 Å². The second-order valence-electron chi connectivity index (χ2n) is 5.80. The molecule has 18 heavy (non-hydrogen) atoms. The van der Waals surface area contributed by atoms with E-state index in [2.05, 4.69) is 6.58 Å². The van der Waals surface area contributed by atoms with Crippen LogP contribution in [0.5, 0.6) is 0 Å². The fraction of sp³-hybridized carbons (Fsp3) is 0.692. The Bertz CT molecular complexity index is 370. The molecular weight excluding hydrogens is 234 g/mol. The van der Waals surface area contributed by atoms with Crippen LogP contribution in [0.15, 0.2) is 12.2 Å². The third-order valence-corrected chi connectivity index (χ3v) is 3.08. The van der Waals surface area contributed by atoms with Crippen molar-refractivity contribution in [3.05, 3.63) is 12.2 Å². The normalized spacial score (nSPS) is 23.9. The smallest absolute Gasteiger partial charge is 0.407 e. The van der Waals surface area contributed by atoms with E-state index in [4.69, 9.17) is 4.74 Å². The predicted octanol–water partition coefficient (Wildman–Crippen LogP) is 2.27. The lowest BCUT2D eigenvalue weighted by Crippen LogP contribution is -2.48. The number of hydrogen-bond acceptors (Lipinski definition) is 3. The van der Waals surface area contributed by atoms with Gasteiger partial charge in [0.25, 0.3) is 0 Å². The van der Waals surface area contributed by atoms with Gasteiger partial charge < -0.3 is 14.7 Å². The van der Waals surface area contributed by atoms with Crippen LogP contribution in [0.25, 0.3) is 0 Å². The summed E-state index contributed by atoms with van der Waals surface area (Å²) in [5, 5.41) is 9.18. The maximum atomic E-state index is 11.6. The zero-order chi connectivity index (χ0) is 14.1. The molecular formula is C13H21NO4. The molecule has 0 bridgehead atoms. The number of likely N-dealkylation sites (tertiary alicyclic amines) is 1. The van der Waals surface area contributed by atoms with Crippen molar-refractivity contribution >= 4 is 12.1 Å². The van der Waals surface area contributed by atoms with Gasteiger partial charge in [0.1, 0.15) is 6.10 Å². The minimum Gasteiger partial charge on any atom is -0.465 e. The summed E-state index contributed by atoms with van der Waals surface area (Å²) in [5.74, 6) is -0.457. The summed E-state index contributed by atoms with van der Waals surface area (Å²) in [5.41, 5.74) is 0.0472. The van der Waals surface area contributed by atoms with E-state index in [0.29, 0.717) is 18.5 Å². The maximum absolute atomic E-state index is 11.6. The first-order chi connectivity index (χ1) is 8.14. The molecule has 1 heterocycles. The number of rotatable bonds is 2. The molecule has 5 heteroatoms. The summed E-state index contributed by atoms with van der Waals surface area (Å²) in [7, 11) is 0. The molecule has 1 rings (SSSR count). The molecule has 102 valence electrons. The van der Waals surface area contributed by atoms with Crippen molar-refractivity contribution in [2.24, 2.45) is 5.41 Å². The summed E-state index contributed by atoms with van der Waals surface area (Å²) in [4.78, 5) is 24.1. The predicted molar refractivity (Wildman–Crippen MR) is 67.3 cm³/mol. The fourth-order valence-corrected chi connectivity index (χ4v) is 2.37. The van der Waals surface area contributed by atoms with Crippen molar-refractivity contribution in [1.29, 1.82) is 0 Å². The molecule has 0 aliphatic carbocycles. The van der Waals surface area contributed by atoms with Crippen LogP contribution < -0.4 is 0 Å². The van der Waals surface area contributed by atoms with Gasteiger partial charge in [0, 0.05) is 18.5 Å². The Morgan fingerprint density at radius 3 is 2.33 bits per heavy atom. The summed E-state index contributed by atoms with van der Waals surface area (Å²) in [6.07, 6.45) is -0.832. The van der Waals surface area contributed by atoms with Crippen molar-refractivity contribution in [3.63, 3.8) is 0 Å². The molecule has 1 N–H and O–H groups in total. The second-order valence-corrected chi connectivity index (χ2v) is 5.80. The first-order valence-corrected chi connectivity index (χ1v) is 6.00. The monoisotopic (exact) mass is 255 g/mol. The molecule has 0 aromatic heterocycles. The highest BCUT2D eigenvalue weighted by Crippen LogP contribution is 2.35. The highest BCUT2D eigenvalue weighted by atomic mass is 16.5. The van der Waals surface area contributed by atoms with Gasteiger partial charge in [-0.3, -0.25) is 0 Å². The Kier molecular flexibility index (Phi) is 4.04. The van der Waals surface area contributed by atoms with Gasteiger partial charge in [-0.2, -0.15) is 0 Å². The number of carbonyl (C=O) groups excluding carboxylic acids is 1. The zero-order valence-electron chi connectivity index (χ0n) is 11.4. The molecule has 0 spiro atoms. The lowest BCUT2D eigenvalue weighted by Gasteiger charge is -2.36. The van der Waals surface area contributed by atoms with Crippen molar-refractivity contribution in [3.8, 4) is 0 Å². The fourth-order valence-electron chi connectivity index (χ4n) is 2.37. The Balaban J connectivity index is 2.89. The number of carbonyl (C=O) groups is 2. The third kappa shape index (κ3) is 3.03. The number of amides is 1. The molecule has 2 atom stereocenters. The van der Waals surface area contributed by atoms with Gasteiger partial charge in [-0.1, -0.05) is 27.4 Å². The number of ether oxygens (including phenoxy) is 1. The van der Waals surface area contributed by atoms with E-state index in [1.807, 2.05) is 20.8 Å². The minimum absolute atomic E-state index is 0.283. The van der Waals surface area contributed by atoms with E-state index in [9.17, 15) is 14.7 Å². The SMILES string of the molecule is C=C(C)C(=O)OC1CCN(C(=O)O)C1C(C)(C)C. The average Bonchev–Trinajstić information content (AvgIpc) is 2.60. The van der Waals surface area contributed by atoms with E-state index in [-0.39, 0.29) is 11.5 Å². The quantitative estimate of drug-likeness (QED) is 0.607. The van der Waals surface area contributed by atoms with Crippen LogP contribution in [-0.4, -0.2) is 40.8 Å². The average molecular weight is 255 g/mol. The van der Waals surface area contributed by atoms with Gasteiger partial charge in [-0.15, -0.1) is 0 Å². The Hall–Kier alpha value is -1.52. The summed E-state index contributed by atoms with van der Waals surface area (Å²) < 4.78 is 5.35. The van der Waals surface area contributed by atoms with Crippen molar-refractivity contribution in [1.82, 2.24) is 4.90 Å². The van der Waals surface area contributed by atoms with E-state index >= 15 is 0 Å². The summed E-state index contributed by atoms with van der Waals surface area (Å²) in [6.45, 7) is 11.3. The van der Waals surface area contributed by atoms with E-state index in [1.165, 1.54) is 4.90 Å². The van der Waals surface area contributed by atoms with Crippen molar-refractivity contribution in [2.45, 2.75) is 46.3 Å². The largest absolute Gasteiger partial charge is 0.465 e. The van der Waals surface area contributed by atoms with Gasteiger partial charge >= 0.3 is 12.1 Å². The first kappa shape index (κ1) is 14.5. The highest BCUT2D eigenvalue weighted by molar-refractivity contribution is 5.87. The Labute approximate surface area is 107 Å². The highest BCUT2D eigenvalue weighted by Gasteiger charge is 2.46. The number of carboxylic acid groups (broad SMARTS) is 1. The van der Waals surface area contributed by atoms with Crippen LogP contribution in [0.2, 0.25) is 0 Å². The van der Waals surface area contributed by atoms with Crippen LogP contribution >= 0.6 is 0 Å². The van der Waals surface area contributed by atoms with Crippen LogP contribution in [0.4, 0.5) is 4.79 Å². The van der Waals surface area contributed by atoms with Crippen LogP contribution in [-0.2, 0) is 9.53 Å². The van der Waals surface area contributed by atoms with Crippen LogP contribution in [0, 0.1) is 5.41 Å². The van der Waals surface area contributed by atoms with Crippen molar-refractivity contribution in [2.75, 3.05) is 6.54 Å². The standard InChI is InChI=1S/C13H21NO4/c1-8(2)11(15)18-9-6-7-14(12(16)17)10(9)13(3,4)5/h9-10H,1,6-7H2,2-5H3,(H,16,17). The summed E-state index contributed by atoms with van der Waals surface area (Å²) >= 11 is 0. The van der Waals surface area contributed by atoms with E-state index in [1.54, 1.807) is 6.92 Å². The number of esters is 1. The molecule has 1 fully saturated rings. The van der Waals surface area contributed by atoms with Gasteiger partial charge in [-0.25, -0.2) is 9.59 Å². The van der Waals surface area contributed by atoms with E-state index in [0.717, 1.165) is 0 Å². The Morgan fingerprint density at radius 1 is 1.39 bits per heavy atom. The van der Waals surface area contributed by atoms with Gasteiger partial charge in [-0.05, 0) is 12.3 Å². The number of nitrogens with zero attached hydrogens (tertiary/aromatic N) is 1. The first-order valence-electron chi connectivity index (χ1n) is 6.00. The van der Waals surface area contributed by atoms with Crippen molar-refractivity contribution < 1.29 is 19.4 Å². The topological polar surface area (TPSA) is 66.8 Å². The molecule has 2 unspecified atom stereocenters. The number of hydrogen-bond donors (Lipinski definition) is 1. The summed E-state index contributed by atoms with van der Waals surface area (Å²) in [6, 6.07) is -0.321. The molecule has 0 aromatic carbocycles. The minimum atomic E-state index is -0.969. The lowest BCUT2D eigenvalue weighted by molar-refractivity contribution is -0.146.